The summed E-state index contributed by atoms with van der Waals surface area (Å²) in [5, 5.41) is 4.04. The van der Waals surface area contributed by atoms with E-state index in [2.05, 4.69) is 5.32 Å². The molecule has 1 aromatic carbocycles. The predicted octanol–water partition coefficient (Wildman–Crippen LogP) is 0.638. The van der Waals surface area contributed by atoms with E-state index in [-0.39, 0.29) is 5.91 Å². The minimum Gasteiger partial charge on any atom is -0.310 e. The third-order valence-electron chi connectivity index (χ3n) is 2.10. The summed E-state index contributed by atoms with van der Waals surface area (Å²) in [6.07, 6.45) is 0. The second-order valence-corrected chi connectivity index (χ2v) is 2.99. The quantitative estimate of drug-likeness (QED) is 0.616. The Labute approximate surface area is 77.4 Å². The van der Waals surface area contributed by atoms with Crippen molar-refractivity contribution < 1.29 is 4.79 Å². The topological polar surface area (TPSA) is 34.4 Å². The molecule has 67 valence electrons. The van der Waals surface area contributed by atoms with E-state index in [0.29, 0.717) is 13.1 Å². The van der Waals surface area contributed by atoms with Crippen molar-refractivity contribution in [1.29, 1.82) is 0 Å². The van der Waals surface area contributed by atoms with Gasteiger partial charge in [0.25, 0.3) is 0 Å². The lowest BCUT2D eigenvalue weighted by Gasteiger charge is -2.26. The fraction of sp³-hybridized carbons (Fsp3) is 0.300. The SMILES string of the molecule is O=C1C[N]CCN1c1ccccc1. The minimum absolute atomic E-state index is 0.0949. The van der Waals surface area contributed by atoms with Crippen LogP contribution in [0.3, 0.4) is 0 Å². The van der Waals surface area contributed by atoms with Gasteiger partial charge in [-0.05, 0) is 12.1 Å². The molecule has 2 rings (SSSR count). The van der Waals surface area contributed by atoms with Crippen LogP contribution < -0.4 is 10.2 Å². The fourth-order valence-electron chi connectivity index (χ4n) is 1.44. The maximum absolute atomic E-state index is 11.4. The van der Waals surface area contributed by atoms with Crippen LogP contribution in [0.4, 0.5) is 5.69 Å². The van der Waals surface area contributed by atoms with Gasteiger partial charge in [-0.15, -0.1) is 0 Å². The number of benzene rings is 1. The van der Waals surface area contributed by atoms with Crippen molar-refractivity contribution in [3.05, 3.63) is 30.3 Å². The molecule has 0 spiro atoms. The second-order valence-electron chi connectivity index (χ2n) is 2.99. The van der Waals surface area contributed by atoms with Crippen LogP contribution in [0.1, 0.15) is 0 Å². The smallest absolute Gasteiger partial charge is 0.242 e. The van der Waals surface area contributed by atoms with Gasteiger partial charge in [0.05, 0.1) is 6.54 Å². The lowest BCUT2D eigenvalue weighted by molar-refractivity contribution is -0.118. The molecule has 0 aromatic heterocycles. The molecule has 0 atom stereocenters. The Balaban J connectivity index is 2.20. The first-order valence-corrected chi connectivity index (χ1v) is 4.36. The van der Waals surface area contributed by atoms with Crippen LogP contribution in [0.2, 0.25) is 0 Å². The highest BCUT2D eigenvalue weighted by Gasteiger charge is 2.19. The molecule has 0 bridgehead atoms. The monoisotopic (exact) mass is 175 g/mol. The Kier molecular flexibility index (Phi) is 2.27. The molecule has 1 fully saturated rings. The van der Waals surface area contributed by atoms with Gasteiger partial charge in [-0.2, -0.15) is 0 Å². The Morgan fingerprint density at radius 1 is 1.23 bits per heavy atom. The van der Waals surface area contributed by atoms with Crippen molar-refractivity contribution in [2.45, 2.75) is 0 Å². The third-order valence-corrected chi connectivity index (χ3v) is 2.10. The number of anilines is 1. The maximum Gasteiger partial charge on any atom is 0.242 e. The average molecular weight is 175 g/mol. The highest BCUT2D eigenvalue weighted by atomic mass is 16.2. The highest BCUT2D eigenvalue weighted by molar-refractivity contribution is 5.95. The number of amides is 1. The van der Waals surface area contributed by atoms with Gasteiger partial charge in [-0.25, -0.2) is 5.32 Å². The van der Waals surface area contributed by atoms with Crippen molar-refractivity contribution in [3.8, 4) is 0 Å². The van der Waals surface area contributed by atoms with Gasteiger partial charge in [-0.1, -0.05) is 18.2 Å². The molecule has 0 saturated carbocycles. The first kappa shape index (κ1) is 8.26. The number of rotatable bonds is 1. The predicted molar refractivity (Wildman–Crippen MR) is 50.7 cm³/mol. The maximum atomic E-state index is 11.4. The first-order chi connectivity index (χ1) is 6.38. The summed E-state index contributed by atoms with van der Waals surface area (Å²) in [6, 6.07) is 9.72. The average Bonchev–Trinajstić information content (AvgIpc) is 2.20. The van der Waals surface area contributed by atoms with Gasteiger partial charge in [0.1, 0.15) is 0 Å². The molecular formula is C10H11N2O. The molecule has 3 nitrogen and oxygen atoms in total. The van der Waals surface area contributed by atoms with Crippen molar-refractivity contribution in [3.63, 3.8) is 0 Å². The summed E-state index contributed by atoms with van der Waals surface area (Å²) in [4.78, 5) is 13.2. The fourth-order valence-corrected chi connectivity index (χ4v) is 1.44. The number of carbonyl (C=O) groups is 1. The Morgan fingerprint density at radius 3 is 2.69 bits per heavy atom. The molecule has 0 unspecified atom stereocenters. The zero-order valence-corrected chi connectivity index (χ0v) is 7.31. The van der Waals surface area contributed by atoms with E-state index in [1.165, 1.54) is 0 Å². The molecule has 1 heterocycles. The number of hydrogen-bond donors (Lipinski definition) is 0. The van der Waals surface area contributed by atoms with Crippen LogP contribution in [0.25, 0.3) is 0 Å². The second kappa shape index (κ2) is 3.58. The van der Waals surface area contributed by atoms with Crippen LogP contribution in [0.5, 0.6) is 0 Å². The van der Waals surface area contributed by atoms with Gasteiger partial charge < -0.3 is 4.90 Å². The van der Waals surface area contributed by atoms with Crippen molar-refractivity contribution in [2.75, 3.05) is 24.5 Å². The lowest BCUT2D eigenvalue weighted by atomic mass is 10.2. The molecule has 0 aliphatic carbocycles. The van der Waals surface area contributed by atoms with Crippen LogP contribution in [0.15, 0.2) is 30.3 Å². The summed E-state index contributed by atoms with van der Waals surface area (Å²) in [5.41, 5.74) is 0.974. The number of hydrogen-bond acceptors (Lipinski definition) is 1. The molecule has 13 heavy (non-hydrogen) atoms. The molecule has 1 saturated heterocycles. The van der Waals surface area contributed by atoms with Crippen molar-refractivity contribution >= 4 is 11.6 Å². The minimum atomic E-state index is 0.0949. The van der Waals surface area contributed by atoms with E-state index in [1.54, 1.807) is 4.90 Å². The van der Waals surface area contributed by atoms with Gasteiger partial charge >= 0.3 is 0 Å². The normalized spacial score (nSPS) is 17.5. The molecule has 1 aliphatic rings. The van der Waals surface area contributed by atoms with Crippen molar-refractivity contribution in [1.82, 2.24) is 5.32 Å². The summed E-state index contributed by atoms with van der Waals surface area (Å²) < 4.78 is 0. The summed E-state index contributed by atoms with van der Waals surface area (Å²) >= 11 is 0. The first-order valence-electron chi connectivity index (χ1n) is 4.36. The van der Waals surface area contributed by atoms with E-state index in [1.807, 2.05) is 30.3 Å². The number of carbonyl (C=O) groups excluding carboxylic acids is 1. The standard InChI is InChI=1S/C10H11N2O/c13-10-8-11-6-7-12(10)9-4-2-1-3-5-9/h1-5H,6-8H2. The lowest BCUT2D eigenvalue weighted by Crippen LogP contribution is -2.45. The Bertz CT molecular complexity index is 297. The largest absolute Gasteiger partial charge is 0.310 e. The summed E-state index contributed by atoms with van der Waals surface area (Å²) in [6.45, 7) is 1.79. The molecule has 3 heteroatoms. The highest BCUT2D eigenvalue weighted by Crippen LogP contribution is 2.13. The zero-order valence-electron chi connectivity index (χ0n) is 7.31. The number of para-hydroxylation sites is 1. The third kappa shape index (κ3) is 1.70. The molecule has 0 N–H and O–H groups in total. The number of piperazine rings is 1. The molecule has 1 radical (unpaired) electrons. The molecule has 1 amide bonds. The van der Waals surface area contributed by atoms with Gasteiger partial charge in [-0.3, -0.25) is 4.79 Å². The van der Waals surface area contributed by atoms with Crippen LogP contribution >= 0.6 is 0 Å². The van der Waals surface area contributed by atoms with E-state index in [4.69, 9.17) is 0 Å². The Hall–Kier alpha value is -1.35. The van der Waals surface area contributed by atoms with E-state index in [9.17, 15) is 4.79 Å². The number of nitrogens with zero attached hydrogens (tertiary/aromatic N) is 2. The van der Waals surface area contributed by atoms with Crippen molar-refractivity contribution in [2.24, 2.45) is 0 Å². The van der Waals surface area contributed by atoms with E-state index >= 15 is 0 Å². The van der Waals surface area contributed by atoms with Gasteiger partial charge in [0.2, 0.25) is 5.91 Å². The summed E-state index contributed by atoms with van der Waals surface area (Å²) in [7, 11) is 0. The van der Waals surface area contributed by atoms with Gasteiger partial charge in [0, 0.05) is 18.8 Å². The van der Waals surface area contributed by atoms with Crippen LogP contribution in [0, 0.1) is 0 Å². The molecule has 1 aromatic rings. The Morgan fingerprint density at radius 2 is 2.00 bits per heavy atom. The summed E-state index contributed by atoms with van der Waals surface area (Å²) in [5.74, 6) is 0.0949. The van der Waals surface area contributed by atoms with Gasteiger partial charge in [0.15, 0.2) is 0 Å². The zero-order chi connectivity index (χ0) is 9.10. The van der Waals surface area contributed by atoms with Crippen LogP contribution in [-0.2, 0) is 4.79 Å². The van der Waals surface area contributed by atoms with E-state index < -0.39 is 0 Å². The molecule has 1 aliphatic heterocycles. The van der Waals surface area contributed by atoms with E-state index in [0.717, 1.165) is 12.2 Å². The van der Waals surface area contributed by atoms with Crippen LogP contribution in [-0.4, -0.2) is 25.5 Å². The molecular weight excluding hydrogens is 164 g/mol.